The van der Waals surface area contributed by atoms with Crippen LogP contribution in [0.1, 0.15) is 39.4 Å². The number of halogens is 1. The number of benzene rings is 1. The lowest BCUT2D eigenvalue weighted by Gasteiger charge is -2.24. The highest BCUT2D eigenvalue weighted by molar-refractivity contribution is 5.80. The zero-order chi connectivity index (χ0) is 22.9. The van der Waals surface area contributed by atoms with Gasteiger partial charge in [-0.1, -0.05) is 20.8 Å². The number of aromatic nitrogens is 3. The maximum absolute atomic E-state index is 13.7. The Morgan fingerprint density at radius 1 is 1.12 bits per heavy atom. The van der Waals surface area contributed by atoms with Crippen molar-refractivity contribution in [1.82, 2.24) is 14.5 Å². The van der Waals surface area contributed by atoms with Crippen molar-refractivity contribution in [3.8, 4) is 22.5 Å². The number of cyclic esters (lactones) is 1. The van der Waals surface area contributed by atoms with Crippen LogP contribution in [0.25, 0.3) is 28.7 Å². The molecule has 0 bridgehead atoms. The summed E-state index contributed by atoms with van der Waals surface area (Å²) in [5.41, 5.74) is 2.91. The Hall–Kier alpha value is -3.32. The Bertz CT molecular complexity index is 1130. The lowest BCUT2D eigenvalue weighted by molar-refractivity contribution is -0.156. The van der Waals surface area contributed by atoms with Gasteiger partial charge in [-0.25, -0.2) is 9.37 Å². The molecule has 6 nitrogen and oxygen atoms in total. The SMILES string of the molecule is CC(C)(C)c1nc(-c2ccncc2)c(-c2ccc(F)cc2)n1C=CC1CC(O)CC(=O)O1. The number of hydrogen-bond donors (Lipinski definition) is 1. The van der Waals surface area contributed by atoms with E-state index in [1.807, 2.05) is 22.9 Å². The highest BCUT2D eigenvalue weighted by atomic mass is 19.1. The molecule has 0 saturated carbocycles. The molecule has 1 fully saturated rings. The van der Waals surface area contributed by atoms with Crippen LogP contribution in [0.2, 0.25) is 0 Å². The fraction of sp³-hybridized carbons (Fsp3) is 0.320. The van der Waals surface area contributed by atoms with E-state index in [2.05, 4.69) is 25.8 Å². The molecule has 1 aliphatic heterocycles. The van der Waals surface area contributed by atoms with Crippen molar-refractivity contribution in [2.24, 2.45) is 0 Å². The number of rotatable bonds is 4. The number of pyridine rings is 1. The van der Waals surface area contributed by atoms with Crippen molar-refractivity contribution in [1.29, 1.82) is 0 Å². The first-order chi connectivity index (χ1) is 15.2. The standard InChI is InChI=1S/C25H26FN3O3/c1-25(2,3)24-28-22(16-8-11-27-12-9-16)23(17-4-6-18(26)7-5-17)29(24)13-10-20-14-19(30)15-21(31)32-20/h4-13,19-20,30H,14-15H2,1-3H3. The second-order valence-electron chi connectivity index (χ2n) is 8.96. The summed E-state index contributed by atoms with van der Waals surface area (Å²) in [4.78, 5) is 20.8. The summed E-state index contributed by atoms with van der Waals surface area (Å²) < 4.78 is 21.0. The van der Waals surface area contributed by atoms with E-state index in [9.17, 15) is 14.3 Å². The highest BCUT2D eigenvalue weighted by Crippen LogP contribution is 2.37. The third-order valence-electron chi connectivity index (χ3n) is 5.29. The van der Waals surface area contributed by atoms with Crippen LogP contribution in [-0.2, 0) is 14.9 Å². The summed E-state index contributed by atoms with van der Waals surface area (Å²) in [5, 5.41) is 9.95. The molecule has 0 spiro atoms. The molecule has 1 aromatic carbocycles. The minimum Gasteiger partial charge on any atom is -0.458 e. The summed E-state index contributed by atoms with van der Waals surface area (Å²) in [5.74, 6) is 0.0545. The Labute approximate surface area is 186 Å². The molecule has 0 amide bonds. The number of aliphatic hydroxyl groups excluding tert-OH is 1. The predicted molar refractivity (Wildman–Crippen MR) is 120 cm³/mol. The molecule has 3 heterocycles. The third-order valence-corrected chi connectivity index (χ3v) is 5.29. The molecule has 2 atom stereocenters. The second kappa shape index (κ2) is 8.67. The maximum Gasteiger partial charge on any atom is 0.309 e. The van der Waals surface area contributed by atoms with Gasteiger partial charge < -0.3 is 14.4 Å². The van der Waals surface area contributed by atoms with Crippen LogP contribution in [-0.4, -0.2) is 37.8 Å². The molecule has 1 aliphatic rings. The molecule has 3 aromatic rings. The quantitative estimate of drug-likeness (QED) is 0.607. The number of aliphatic hydroxyl groups is 1. The van der Waals surface area contributed by atoms with E-state index >= 15 is 0 Å². The van der Waals surface area contributed by atoms with Crippen LogP contribution < -0.4 is 0 Å². The first-order valence-corrected chi connectivity index (χ1v) is 10.6. The number of ether oxygens (including phenoxy) is 1. The number of imidazole rings is 1. The van der Waals surface area contributed by atoms with Crippen LogP contribution in [0.4, 0.5) is 4.39 Å². The Balaban J connectivity index is 1.90. The van der Waals surface area contributed by atoms with Crippen molar-refractivity contribution in [3.63, 3.8) is 0 Å². The van der Waals surface area contributed by atoms with Gasteiger partial charge in [-0.3, -0.25) is 9.78 Å². The molecule has 166 valence electrons. The van der Waals surface area contributed by atoms with E-state index in [0.717, 1.165) is 28.3 Å². The molecule has 0 radical (unpaired) electrons. The average molecular weight is 435 g/mol. The molecular formula is C25H26FN3O3. The van der Waals surface area contributed by atoms with Gasteiger partial charge in [0, 0.05) is 41.6 Å². The van der Waals surface area contributed by atoms with E-state index < -0.39 is 18.2 Å². The van der Waals surface area contributed by atoms with Gasteiger partial charge in [0.25, 0.3) is 0 Å². The van der Waals surface area contributed by atoms with Crippen molar-refractivity contribution >= 4 is 12.2 Å². The molecule has 1 N–H and O–H groups in total. The van der Waals surface area contributed by atoms with E-state index in [-0.39, 0.29) is 17.7 Å². The smallest absolute Gasteiger partial charge is 0.309 e. The Morgan fingerprint density at radius 3 is 2.44 bits per heavy atom. The summed E-state index contributed by atoms with van der Waals surface area (Å²) in [6.45, 7) is 6.19. The first-order valence-electron chi connectivity index (χ1n) is 10.6. The molecule has 2 aromatic heterocycles. The van der Waals surface area contributed by atoms with E-state index in [1.54, 1.807) is 30.6 Å². The van der Waals surface area contributed by atoms with E-state index in [4.69, 9.17) is 9.72 Å². The molecule has 4 rings (SSSR count). The zero-order valence-corrected chi connectivity index (χ0v) is 18.3. The van der Waals surface area contributed by atoms with Crippen molar-refractivity contribution in [2.45, 2.75) is 51.2 Å². The molecular weight excluding hydrogens is 409 g/mol. The fourth-order valence-corrected chi connectivity index (χ4v) is 3.81. The lowest BCUT2D eigenvalue weighted by Crippen LogP contribution is -2.31. The Morgan fingerprint density at radius 2 is 1.81 bits per heavy atom. The van der Waals surface area contributed by atoms with Crippen molar-refractivity contribution < 1.29 is 19.0 Å². The van der Waals surface area contributed by atoms with Crippen LogP contribution in [0.3, 0.4) is 0 Å². The Kier molecular flexibility index (Phi) is 5.93. The largest absolute Gasteiger partial charge is 0.458 e. The van der Waals surface area contributed by atoms with Gasteiger partial charge in [0.05, 0.1) is 23.9 Å². The number of carbonyl (C=O) groups is 1. The van der Waals surface area contributed by atoms with Crippen LogP contribution in [0, 0.1) is 5.82 Å². The predicted octanol–water partition coefficient (Wildman–Crippen LogP) is 4.59. The van der Waals surface area contributed by atoms with Gasteiger partial charge in [0.2, 0.25) is 0 Å². The molecule has 7 heteroatoms. The maximum atomic E-state index is 13.7. The monoisotopic (exact) mass is 435 g/mol. The van der Waals surface area contributed by atoms with Crippen molar-refractivity contribution in [2.75, 3.05) is 0 Å². The minimum absolute atomic E-state index is 0.00960. The zero-order valence-electron chi connectivity index (χ0n) is 18.3. The normalized spacial score (nSPS) is 19.3. The van der Waals surface area contributed by atoms with Gasteiger partial charge in [0.15, 0.2) is 0 Å². The first kappa shape index (κ1) is 21.9. The number of nitrogens with zero attached hydrogens (tertiary/aromatic N) is 3. The van der Waals surface area contributed by atoms with Crippen LogP contribution in [0.15, 0.2) is 54.9 Å². The van der Waals surface area contributed by atoms with Gasteiger partial charge in [-0.05, 0) is 42.5 Å². The molecule has 32 heavy (non-hydrogen) atoms. The molecule has 1 saturated heterocycles. The van der Waals surface area contributed by atoms with Gasteiger partial charge in [0.1, 0.15) is 17.7 Å². The highest BCUT2D eigenvalue weighted by Gasteiger charge is 2.28. The molecule has 0 aliphatic carbocycles. The minimum atomic E-state index is -0.722. The summed E-state index contributed by atoms with van der Waals surface area (Å²) in [6, 6.07) is 10.0. The van der Waals surface area contributed by atoms with Gasteiger partial charge >= 0.3 is 5.97 Å². The number of carbonyl (C=O) groups excluding carboxylic acids is 1. The van der Waals surface area contributed by atoms with Gasteiger partial charge in [-0.15, -0.1) is 0 Å². The lowest BCUT2D eigenvalue weighted by atomic mass is 9.95. The van der Waals surface area contributed by atoms with Gasteiger partial charge in [-0.2, -0.15) is 0 Å². The molecule has 2 unspecified atom stereocenters. The van der Waals surface area contributed by atoms with Crippen molar-refractivity contribution in [3.05, 3.63) is 66.5 Å². The van der Waals surface area contributed by atoms with E-state index in [1.165, 1.54) is 12.1 Å². The summed E-state index contributed by atoms with van der Waals surface area (Å²) >= 11 is 0. The number of esters is 1. The van der Waals surface area contributed by atoms with Crippen LogP contribution >= 0.6 is 0 Å². The summed E-state index contributed by atoms with van der Waals surface area (Å²) in [6.07, 6.45) is 6.09. The summed E-state index contributed by atoms with van der Waals surface area (Å²) in [7, 11) is 0. The van der Waals surface area contributed by atoms with Crippen LogP contribution in [0.5, 0.6) is 0 Å². The fourth-order valence-electron chi connectivity index (χ4n) is 3.81. The topological polar surface area (TPSA) is 77.2 Å². The number of hydrogen-bond acceptors (Lipinski definition) is 5. The average Bonchev–Trinajstić information content (AvgIpc) is 3.13. The third kappa shape index (κ3) is 4.62. The second-order valence-corrected chi connectivity index (χ2v) is 8.96. The van der Waals surface area contributed by atoms with E-state index in [0.29, 0.717) is 6.42 Å².